The maximum atomic E-state index is 12.8. The normalized spacial score (nSPS) is 21.6. The fourth-order valence-corrected chi connectivity index (χ4v) is 2.40. The molecule has 1 fully saturated rings. The molecule has 0 N–H and O–H groups in total. The van der Waals surface area contributed by atoms with Crippen LogP contribution in [0.15, 0.2) is 54.6 Å². The minimum Gasteiger partial charge on any atom is -0.425 e. The van der Waals surface area contributed by atoms with Crippen molar-refractivity contribution in [3.8, 4) is 5.75 Å². The van der Waals surface area contributed by atoms with Crippen molar-refractivity contribution in [2.24, 2.45) is 0 Å². The number of carbonyl (C=O) groups excluding carboxylic acids is 1. The smallest absolute Gasteiger partial charge is 0.330 e. The summed E-state index contributed by atoms with van der Waals surface area (Å²) in [7, 11) is 0. The molecule has 0 aromatic heterocycles. The summed E-state index contributed by atoms with van der Waals surface area (Å²) in [4.78, 5) is 14.1. The third-order valence-electron chi connectivity index (χ3n) is 3.73. The maximum Gasteiger partial charge on any atom is 0.330 e. The number of halogens is 1. The number of hydrogen-bond acceptors (Lipinski definition) is 3. The Hall–Kier alpha value is -2.20. The van der Waals surface area contributed by atoms with E-state index in [4.69, 9.17) is 4.74 Å². The molecule has 108 valence electrons. The first-order valence-electron chi connectivity index (χ1n) is 6.93. The molecule has 2 aromatic rings. The molecule has 2 aromatic carbocycles. The second-order valence-electron chi connectivity index (χ2n) is 5.17. The molecular weight excluding hydrogens is 269 g/mol. The average Bonchev–Trinajstić information content (AvgIpc) is 3.30. The third-order valence-corrected chi connectivity index (χ3v) is 3.73. The van der Waals surface area contributed by atoms with Gasteiger partial charge in [-0.1, -0.05) is 30.3 Å². The number of rotatable bonds is 4. The van der Waals surface area contributed by atoms with Crippen LogP contribution >= 0.6 is 0 Å². The fourth-order valence-electron chi connectivity index (χ4n) is 2.40. The van der Waals surface area contributed by atoms with Crippen LogP contribution in [-0.2, 0) is 4.79 Å². The SMILES string of the molecule is C[C@H](c1ccccc1)N1C[C@@H]1C(=O)Oc1ccc(F)cc1. The van der Waals surface area contributed by atoms with E-state index in [0.29, 0.717) is 12.3 Å². The van der Waals surface area contributed by atoms with Crippen LogP contribution in [0.3, 0.4) is 0 Å². The summed E-state index contributed by atoms with van der Waals surface area (Å²) in [6.45, 7) is 2.76. The Kier molecular flexibility index (Phi) is 3.71. The summed E-state index contributed by atoms with van der Waals surface area (Å²) in [6.07, 6.45) is 0. The molecule has 3 nitrogen and oxygen atoms in total. The van der Waals surface area contributed by atoms with Crippen LogP contribution in [0.1, 0.15) is 18.5 Å². The molecule has 3 atom stereocenters. The number of ether oxygens (including phenoxy) is 1. The Bertz CT molecular complexity index is 627. The number of benzene rings is 2. The topological polar surface area (TPSA) is 29.3 Å². The first-order valence-corrected chi connectivity index (χ1v) is 6.93. The Morgan fingerprint density at radius 1 is 1.19 bits per heavy atom. The zero-order valence-electron chi connectivity index (χ0n) is 11.7. The monoisotopic (exact) mass is 285 g/mol. The van der Waals surface area contributed by atoms with E-state index in [0.717, 1.165) is 0 Å². The summed E-state index contributed by atoms with van der Waals surface area (Å²) in [5, 5.41) is 0. The highest BCUT2D eigenvalue weighted by molar-refractivity contribution is 5.81. The van der Waals surface area contributed by atoms with Crippen LogP contribution in [0.25, 0.3) is 0 Å². The summed E-state index contributed by atoms with van der Waals surface area (Å²) < 4.78 is 18.1. The lowest BCUT2D eigenvalue weighted by molar-refractivity contribution is -0.134. The van der Waals surface area contributed by atoms with Crippen molar-refractivity contribution >= 4 is 5.97 Å². The highest BCUT2D eigenvalue weighted by atomic mass is 19.1. The van der Waals surface area contributed by atoms with Gasteiger partial charge in [0, 0.05) is 12.6 Å². The van der Waals surface area contributed by atoms with Gasteiger partial charge in [-0.05, 0) is 36.8 Å². The van der Waals surface area contributed by atoms with Gasteiger partial charge in [0.15, 0.2) is 0 Å². The van der Waals surface area contributed by atoms with Gasteiger partial charge in [-0.2, -0.15) is 0 Å². The van der Waals surface area contributed by atoms with Gasteiger partial charge >= 0.3 is 5.97 Å². The third kappa shape index (κ3) is 3.11. The van der Waals surface area contributed by atoms with E-state index in [9.17, 15) is 9.18 Å². The first kappa shape index (κ1) is 13.8. The molecule has 1 unspecified atom stereocenters. The molecule has 0 aliphatic carbocycles. The van der Waals surface area contributed by atoms with E-state index >= 15 is 0 Å². The van der Waals surface area contributed by atoms with Gasteiger partial charge in [-0.3, -0.25) is 4.90 Å². The number of nitrogens with zero attached hydrogens (tertiary/aromatic N) is 1. The Balaban J connectivity index is 1.60. The number of esters is 1. The van der Waals surface area contributed by atoms with Crippen molar-refractivity contribution in [1.29, 1.82) is 0 Å². The quantitative estimate of drug-likeness (QED) is 0.491. The van der Waals surface area contributed by atoms with Crippen molar-refractivity contribution in [3.63, 3.8) is 0 Å². The summed E-state index contributed by atoms with van der Waals surface area (Å²) in [5.74, 6) is -0.259. The lowest BCUT2D eigenvalue weighted by atomic mass is 10.1. The van der Waals surface area contributed by atoms with Crippen molar-refractivity contribution in [1.82, 2.24) is 4.90 Å². The summed E-state index contributed by atoms with van der Waals surface area (Å²) in [6, 6.07) is 15.5. The van der Waals surface area contributed by atoms with E-state index < -0.39 is 0 Å². The molecule has 0 saturated carbocycles. The van der Waals surface area contributed by atoms with Crippen LogP contribution in [0, 0.1) is 5.82 Å². The molecule has 1 aliphatic rings. The molecule has 1 heterocycles. The standard InChI is InChI=1S/C17H16FNO2/c1-12(13-5-3-2-4-6-13)19-11-16(19)17(20)21-15-9-7-14(18)8-10-15/h2-10,12,16H,11H2,1H3/t12-,16-,19?/m1/s1. The summed E-state index contributed by atoms with van der Waals surface area (Å²) in [5.41, 5.74) is 1.18. The van der Waals surface area contributed by atoms with E-state index in [1.54, 1.807) is 0 Å². The van der Waals surface area contributed by atoms with Crippen LogP contribution in [0.4, 0.5) is 4.39 Å². The zero-order valence-corrected chi connectivity index (χ0v) is 11.7. The molecule has 0 spiro atoms. The molecule has 0 bridgehead atoms. The maximum absolute atomic E-state index is 12.8. The largest absolute Gasteiger partial charge is 0.425 e. The highest BCUT2D eigenvalue weighted by Gasteiger charge is 2.45. The van der Waals surface area contributed by atoms with Crippen LogP contribution in [-0.4, -0.2) is 23.5 Å². The van der Waals surface area contributed by atoms with Crippen LogP contribution in [0.5, 0.6) is 5.75 Å². The van der Waals surface area contributed by atoms with Crippen molar-refractivity contribution in [2.75, 3.05) is 6.54 Å². The van der Waals surface area contributed by atoms with Gasteiger partial charge in [0.2, 0.25) is 0 Å². The molecule has 1 aliphatic heterocycles. The Labute approximate surface area is 123 Å². The van der Waals surface area contributed by atoms with Gasteiger partial charge in [-0.25, -0.2) is 9.18 Å². The second kappa shape index (κ2) is 5.66. The van der Waals surface area contributed by atoms with Crippen molar-refractivity contribution < 1.29 is 13.9 Å². The zero-order chi connectivity index (χ0) is 14.8. The second-order valence-corrected chi connectivity index (χ2v) is 5.17. The van der Waals surface area contributed by atoms with E-state index in [1.807, 2.05) is 30.3 Å². The van der Waals surface area contributed by atoms with E-state index in [1.165, 1.54) is 29.8 Å². The molecule has 3 rings (SSSR count). The van der Waals surface area contributed by atoms with Gasteiger partial charge < -0.3 is 4.74 Å². The Morgan fingerprint density at radius 3 is 2.52 bits per heavy atom. The van der Waals surface area contributed by atoms with Gasteiger partial charge in [0.1, 0.15) is 17.6 Å². The van der Waals surface area contributed by atoms with E-state index in [-0.39, 0.29) is 23.9 Å². The van der Waals surface area contributed by atoms with Gasteiger partial charge in [0.05, 0.1) is 0 Å². The highest BCUT2D eigenvalue weighted by Crippen LogP contribution is 2.32. The summed E-state index contributed by atoms with van der Waals surface area (Å²) >= 11 is 0. The van der Waals surface area contributed by atoms with Crippen molar-refractivity contribution in [3.05, 3.63) is 66.0 Å². The minimum atomic E-state index is -0.347. The number of hydrogen-bond donors (Lipinski definition) is 0. The lowest BCUT2D eigenvalue weighted by Gasteiger charge is -2.14. The molecule has 4 heteroatoms. The first-order chi connectivity index (χ1) is 10.1. The van der Waals surface area contributed by atoms with Crippen LogP contribution < -0.4 is 4.74 Å². The van der Waals surface area contributed by atoms with Gasteiger partial charge in [-0.15, -0.1) is 0 Å². The number of carbonyl (C=O) groups is 1. The van der Waals surface area contributed by atoms with Gasteiger partial charge in [0.25, 0.3) is 0 Å². The predicted octanol–water partition coefficient (Wildman–Crippen LogP) is 3.18. The van der Waals surface area contributed by atoms with Crippen LogP contribution in [0.2, 0.25) is 0 Å². The van der Waals surface area contributed by atoms with Crippen molar-refractivity contribution in [2.45, 2.75) is 19.0 Å². The lowest BCUT2D eigenvalue weighted by Crippen LogP contribution is -2.20. The molecular formula is C17H16FNO2. The minimum absolute atomic E-state index is 0.178. The van der Waals surface area contributed by atoms with E-state index in [2.05, 4.69) is 11.8 Å². The molecule has 0 amide bonds. The average molecular weight is 285 g/mol. The molecule has 1 saturated heterocycles. The predicted molar refractivity (Wildman–Crippen MR) is 77.4 cm³/mol. The Morgan fingerprint density at radius 2 is 1.86 bits per heavy atom. The molecule has 21 heavy (non-hydrogen) atoms. The molecule has 0 radical (unpaired) electrons. The fraction of sp³-hybridized carbons (Fsp3) is 0.235.